The molecule has 0 saturated carbocycles. The van der Waals surface area contributed by atoms with Gasteiger partial charge >= 0.3 is 12.1 Å². The Morgan fingerprint density at radius 3 is 2.76 bits per heavy atom. The van der Waals surface area contributed by atoms with E-state index in [1.54, 1.807) is 22.5 Å². The second kappa shape index (κ2) is 8.10. The van der Waals surface area contributed by atoms with Crippen LogP contribution in [0.3, 0.4) is 0 Å². The number of nitrogens with zero attached hydrogens (tertiary/aromatic N) is 7. The molecule has 5 rings (SSSR count). The van der Waals surface area contributed by atoms with Crippen LogP contribution in [0.15, 0.2) is 34.6 Å². The number of fused-ring (bicyclic) bond motifs is 2. The molecule has 0 radical (unpaired) electrons. The van der Waals surface area contributed by atoms with E-state index in [1.807, 2.05) is 0 Å². The highest BCUT2D eigenvalue weighted by Gasteiger charge is 2.38. The number of thiazole rings is 1. The van der Waals surface area contributed by atoms with Crippen molar-refractivity contribution >= 4 is 33.7 Å². The second-order valence-corrected chi connectivity index (χ2v) is 8.37. The second-order valence-electron chi connectivity index (χ2n) is 7.49. The van der Waals surface area contributed by atoms with E-state index in [0.717, 1.165) is 0 Å². The monoisotopic (exact) mass is 479 g/mol. The lowest BCUT2D eigenvalue weighted by molar-refractivity contribution is -0.150. The van der Waals surface area contributed by atoms with E-state index in [0.29, 0.717) is 46.9 Å². The van der Waals surface area contributed by atoms with Crippen molar-refractivity contribution in [1.82, 2.24) is 29.2 Å². The molecule has 1 aliphatic rings. The van der Waals surface area contributed by atoms with Crippen molar-refractivity contribution in [3.63, 3.8) is 0 Å². The zero-order chi connectivity index (χ0) is 23.2. The summed E-state index contributed by atoms with van der Waals surface area (Å²) in [5, 5.41) is 12.5. The largest absolute Gasteiger partial charge is 0.459 e. The molecular formula is C19H16F3N7O3S. The van der Waals surface area contributed by atoms with Crippen LogP contribution in [0.4, 0.5) is 19.0 Å². The van der Waals surface area contributed by atoms with E-state index in [1.165, 1.54) is 27.9 Å². The van der Waals surface area contributed by atoms with Gasteiger partial charge < -0.3 is 9.64 Å². The molecule has 10 nitrogen and oxygen atoms in total. The summed E-state index contributed by atoms with van der Waals surface area (Å²) in [6, 6.07) is 4.33. The van der Waals surface area contributed by atoms with Crippen molar-refractivity contribution in [1.29, 1.82) is 0 Å². The highest BCUT2D eigenvalue weighted by atomic mass is 32.1. The average molecular weight is 479 g/mol. The first-order valence-corrected chi connectivity index (χ1v) is 10.8. The van der Waals surface area contributed by atoms with E-state index >= 15 is 0 Å². The van der Waals surface area contributed by atoms with Crippen molar-refractivity contribution in [3.8, 4) is 0 Å². The predicted molar refractivity (Wildman–Crippen MR) is 110 cm³/mol. The molecule has 0 aromatic carbocycles. The van der Waals surface area contributed by atoms with Gasteiger partial charge in [0, 0.05) is 30.7 Å². The van der Waals surface area contributed by atoms with Crippen LogP contribution < -0.4 is 10.5 Å². The minimum atomic E-state index is -4.67. The van der Waals surface area contributed by atoms with Gasteiger partial charge in [-0.05, 0) is 25.0 Å². The third-order valence-corrected chi connectivity index (χ3v) is 6.13. The van der Waals surface area contributed by atoms with Crippen molar-refractivity contribution < 1.29 is 22.7 Å². The van der Waals surface area contributed by atoms with Gasteiger partial charge in [-0.25, -0.2) is 4.98 Å². The number of carbonyl (C=O) groups excluding carboxylic acids is 1. The van der Waals surface area contributed by atoms with Gasteiger partial charge in [0.25, 0.3) is 11.4 Å². The van der Waals surface area contributed by atoms with Crippen molar-refractivity contribution in [3.05, 3.63) is 51.6 Å². The van der Waals surface area contributed by atoms with Gasteiger partial charge in [-0.1, -0.05) is 0 Å². The fourth-order valence-corrected chi connectivity index (χ4v) is 4.43. The summed E-state index contributed by atoms with van der Waals surface area (Å²) >= 11 is 1.31. The summed E-state index contributed by atoms with van der Waals surface area (Å²) < 4.78 is 46.7. The average Bonchev–Trinajstić information content (AvgIpc) is 3.44. The van der Waals surface area contributed by atoms with Gasteiger partial charge in [0.1, 0.15) is 12.4 Å². The zero-order valence-electron chi connectivity index (χ0n) is 16.9. The van der Waals surface area contributed by atoms with Crippen molar-refractivity contribution in [2.75, 3.05) is 18.0 Å². The lowest BCUT2D eigenvalue weighted by Crippen LogP contribution is -2.37. The molecule has 0 amide bonds. The minimum absolute atomic E-state index is 0.00137. The first-order chi connectivity index (χ1) is 15.8. The number of ether oxygens (including phenoxy) is 1. The van der Waals surface area contributed by atoms with E-state index in [4.69, 9.17) is 4.74 Å². The fourth-order valence-electron chi connectivity index (χ4n) is 3.69. The van der Waals surface area contributed by atoms with Crippen LogP contribution in [0.25, 0.3) is 10.6 Å². The molecule has 1 fully saturated rings. The van der Waals surface area contributed by atoms with Gasteiger partial charge in [-0.3, -0.25) is 14.0 Å². The maximum atomic E-state index is 13.1. The van der Waals surface area contributed by atoms with E-state index in [-0.39, 0.29) is 23.7 Å². The quantitative estimate of drug-likeness (QED) is 0.410. The summed E-state index contributed by atoms with van der Waals surface area (Å²) in [4.78, 5) is 31.2. The van der Waals surface area contributed by atoms with E-state index in [9.17, 15) is 22.8 Å². The Bertz CT molecular complexity index is 1390. The molecule has 0 N–H and O–H groups in total. The Morgan fingerprint density at radius 2 is 2.00 bits per heavy atom. The van der Waals surface area contributed by atoms with E-state index in [2.05, 4.69) is 20.3 Å². The van der Waals surface area contributed by atoms with Crippen molar-refractivity contribution in [2.45, 2.75) is 25.6 Å². The number of anilines is 1. The first kappa shape index (κ1) is 21.3. The van der Waals surface area contributed by atoms with Gasteiger partial charge in [-0.2, -0.15) is 17.7 Å². The number of carbonyl (C=O) groups is 1. The lowest BCUT2D eigenvalue weighted by Gasteiger charge is -2.31. The van der Waals surface area contributed by atoms with Crippen LogP contribution in [0.5, 0.6) is 0 Å². The summed E-state index contributed by atoms with van der Waals surface area (Å²) in [7, 11) is 0. The zero-order valence-corrected chi connectivity index (χ0v) is 17.7. The molecule has 1 saturated heterocycles. The molecule has 0 atom stereocenters. The minimum Gasteiger partial charge on any atom is -0.459 e. The molecule has 4 aromatic heterocycles. The summed E-state index contributed by atoms with van der Waals surface area (Å²) in [5.41, 5.74) is 0.130. The number of hydrogen-bond donors (Lipinski definition) is 0. The fraction of sp³-hybridized carbons (Fsp3) is 0.368. The number of hydrogen-bond acceptors (Lipinski definition) is 9. The molecule has 0 aliphatic carbocycles. The van der Waals surface area contributed by atoms with Crippen LogP contribution in [0, 0.1) is 5.92 Å². The Labute approximate surface area is 187 Å². The number of aromatic nitrogens is 6. The van der Waals surface area contributed by atoms with Gasteiger partial charge in [0.15, 0.2) is 10.6 Å². The molecular weight excluding hydrogens is 463 g/mol. The van der Waals surface area contributed by atoms with Crippen LogP contribution in [0.1, 0.15) is 24.4 Å². The molecule has 0 bridgehead atoms. The molecule has 33 heavy (non-hydrogen) atoms. The SMILES string of the molecule is O=C(OCc1cc(=O)n2ccsc2n1)C1CCN(c2ccc3nnc(C(F)(F)F)n3n2)CC1. The molecule has 0 unspecified atom stereocenters. The first-order valence-electron chi connectivity index (χ1n) is 9.96. The number of esters is 1. The molecule has 5 heterocycles. The summed E-state index contributed by atoms with van der Waals surface area (Å²) in [6.07, 6.45) is -2.14. The van der Waals surface area contributed by atoms with Gasteiger partial charge in [-0.15, -0.1) is 26.6 Å². The smallest absolute Gasteiger partial charge is 0.453 e. The molecule has 4 aromatic rings. The van der Waals surface area contributed by atoms with E-state index < -0.39 is 18.0 Å². The van der Waals surface area contributed by atoms with Crippen LogP contribution in [-0.4, -0.2) is 48.3 Å². The molecule has 172 valence electrons. The number of alkyl halides is 3. The van der Waals surface area contributed by atoms with Gasteiger partial charge in [0.05, 0.1) is 11.6 Å². The third-order valence-electron chi connectivity index (χ3n) is 5.37. The Hall–Kier alpha value is -3.55. The number of rotatable bonds is 4. The maximum absolute atomic E-state index is 13.1. The molecule has 14 heteroatoms. The van der Waals surface area contributed by atoms with Crippen LogP contribution in [-0.2, 0) is 22.3 Å². The molecule has 0 spiro atoms. The lowest BCUT2D eigenvalue weighted by atomic mass is 9.97. The van der Waals surface area contributed by atoms with Crippen molar-refractivity contribution in [2.24, 2.45) is 5.92 Å². The summed E-state index contributed by atoms with van der Waals surface area (Å²) in [6.45, 7) is 0.736. The molecule has 1 aliphatic heterocycles. The third kappa shape index (κ3) is 4.13. The highest BCUT2D eigenvalue weighted by Crippen LogP contribution is 2.29. The maximum Gasteiger partial charge on any atom is 0.453 e. The Morgan fingerprint density at radius 1 is 1.21 bits per heavy atom. The number of piperidine rings is 1. The summed E-state index contributed by atoms with van der Waals surface area (Å²) in [5.74, 6) is -1.61. The van der Waals surface area contributed by atoms with Gasteiger partial charge in [0.2, 0.25) is 0 Å². The normalized spacial score (nSPS) is 15.4. The predicted octanol–water partition coefficient (Wildman–Crippen LogP) is 2.17. The topological polar surface area (TPSA) is 107 Å². The highest BCUT2D eigenvalue weighted by molar-refractivity contribution is 7.15. The van der Waals surface area contributed by atoms with Crippen LogP contribution in [0.2, 0.25) is 0 Å². The number of halogens is 3. The van der Waals surface area contributed by atoms with Crippen LogP contribution >= 0.6 is 11.3 Å². The Kier molecular flexibility index (Phi) is 5.23. The standard InChI is InChI=1S/C19H16F3N7O3S/c20-19(21,22)17-25-24-13-1-2-14(26-29(13)17)27-5-3-11(4-6-27)16(31)32-10-12-9-15(30)28-7-8-33-18(28)23-12/h1-2,7-9,11H,3-6,10H2. The Balaban J connectivity index is 1.21.